The van der Waals surface area contributed by atoms with Gasteiger partial charge in [-0.25, -0.2) is 9.38 Å². The van der Waals surface area contributed by atoms with E-state index in [0.717, 1.165) is 44.1 Å². The van der Waals surface area contributed by atoms with Crippen molar-refractivity contribution in [2.75, 3.05) is 31.1 Å². The molecule has 0 spiro atoms. The van der Waals surface area contributed by atoms with Gasteiger partial charge >= 0.3 is 0 Å². The molecule has 1 aliphatic rings. The van der Waals surface area contributed by atoms with Crippen LogP contribution in [0.5, 0.6) is 5.75 Å². The second-order valence-electron chi connectivity index (χ2n) is 7.40. The van der Waals surface area contributed by atoms with E-state index in [-0.39, 0.29) is 35.9 Å². The van der Waals surface area contributed by atoms with Gasteiger partial charge in [0.05, 0.1) is 18.4 Å². The lowest BCUT2D eigenvalue weighted by Gasteiger charge is -2.34. The molecule has 1 aromatic heterocycles. The molecule has 2 N–H and O–H groups in total. The van der Waals surface area contributed by atoms with Gasteiger partial charge in [0.15, 0.2) is 5.96 Å². The molecule has 1 aromatic carbocycles. The third kappa shape index (κ3) is 7.33. The lowest BCUT2D eigenvalue weighted by atomic mass is 10.1. The minimum atomic E-state index is -0.269. The van der Waals surface area contributed by atoms with Crippen LogP contribution in [0, 0.1) is 5.82 Å². The average Bonchev–Trinajstić information content (AvgIpc) is 3.15. The van der Waals surface area contributed by atoms with Crippen LogP contribution >= 0.6 is 24.0 Å². The van der Waals surface area contributed by atoms with Crippen molar-refractivity contribution in [2.24, 2.45) is 12.0 Å². The Morgan fingerprint density at radius 1 is 1.37 bits per heavy atom. The first-order valence-corrected chi connectivity index (χ1v) is 10.2. The largest absolute Gasteiger partial charge is 0.489 e. The highest BCUT2D eigenvalue weighted by Gasteiger charge is 2.21. The van der Waals surface area contributed by atoms with Crippen molar-refractivity contribution >= 4 is 35.6 Å². The fraction of sp³-hybridized carbons (Fsp3) is 0.524. The van der Waals surface area contributed by atoms with E-state index in [1.807, 2.05) is 24.9 Å². The van der Waals surface area contributed by atoms with Gasteiger partial charge in [-0.05, 0) is 51.0 Å². The first-order valence-electron chi connectivity index (χ1n) is 10.2. The minimum absolute atomic E-state index is 0. The van der Waals surface area contributed by atoms with Crippen LogP contribution in [-0.4, -0.2) is 54.1 Å². The van der Waals surface area contributed by atoms with Crippen molar-refractivity contribution < 1.29 is 9.13 Å². The van der Waals surface area contributed by atoms with Crippen LogP contribution in [0.15, 0.2) is 41.7 Å². The number of benzene rings is 1. The molecule has 166 valence electrons. The monoisotopic (exact) mass is 530 g/mol. The number of ether oxygens (including phenoxy) is 1. The molecular weight excluding hydrogens is 498 g/mol. The molecule has 0 amide bonds. The standard InChI is InChI=1S/C21H31FN6O.HI/c1-4-23-21(24-12-16(2)29-20-9-7-17(22)8-10-20)26-18-6-5-11-28(14-18)19-13-25-27(3)15-19;/h7-10,13,15-16,18H,4-6,11-12,14H2,1-3H3,(H2,23,24,26);1H. The second-order valence-corrected chi connectivity index (χ2v) is 7.40. The number of hydrogen-bond acceptors (Lipinski definition) is 4. The Balaban J connectivity index is 0.00000320. The number of guanidine groups is 1. The molecule has 2 atom stereocenters. The van der Waals surface area contributed by atoms with Crippen molar-refractivity contribution in [2.45, 2.75) is 38.8 Å². The van der Waals surface area contributed by atoms with Crippen LogP contribution in [0.2, 0.25) is 0 Å². The minimum Gasteiger partial charge on any atom is -0.489 e. The van der Waals surface area contributed by atoms with Gasteiger partial charge in [-0.3, -0.25) is 4.68 Å². The first-order chi connectivity index (χ1) is 14.0. The predicted molar refractivity (Wildman–Crippen MR) is 129 cm³/mol. The van der Waals surface area contributed by atoms with Gasteiger partial charge in [0.1, 0.15) is 17.7 Å². The van der Waals surface area contributed by atoms with Gasteiger partial charge in [0, 0.05) is 38.9 Å². The molecule has 3 rings (SSSR count). The summed E-state index contributed by atoms with van der Waals surface area (Å²) in [5.74, 6) is 1.17. The number of anilines is 1. The summed E-state index contributed by atoms with van der Waals surface area (Å²) < 4.78 is 20.7. The van der Waals surface area contributed by atoms with E-state index in [9.17, 15) is 4.39 Å². The number of halogens is 2. The Labute approximate surface area is 195 Å². The molecule has 0 saturated carbocycles. The Morgan fingerprint density at radius 2 is 2.13 bits per heavy atom. The Bertz CT molecular complexity index is 797. The van der Waals surface area contributed by atoms with Crippen LogP contribution in [0.25, 0.3) is 0 Å². The van der Waals surface area contributed by atoms with Gasteiger partial charge in [-0.1, -0.05) is 0 Å². The van der Waals surface area contributed by atoms with Crippen molar-refractivity contribution in [3.05, 3.63) is 42.5 Å². The molecule has 9 heteroatoms. The highest BCUT2D eigenvalue weighted by atomic mass is 127. The third-order valence-electron chi connectivity index (χ3n) is 4.82. The van der Waals surface area contributed by atoms with Gasteiger partial charge in [-0.2, -0.15) is 5.10 Å². The molecule has 0 bridgehead atoms. The third-order valence-corrected chi connectivity index (χ3v) is 4.82. The summed E-state index contributed by atoms with van der Waals surface area (Å²) in [5, 5.41) is 11.1. The molecular formula is C21H32FIN6O. The smallest absolute Gasteiger partial charge is 0.191 e. The zero-order valence-electron chi connectivity index (χ0n) is 17.8. The quantitative estimate of drug-likeness (QED) is 0.327. The molecule has 2 unspecified atom stereocenters. The van der Waals surface area contributed by atoms with Crippen LogP contribution < -0.4 is 20.3 Å². The highest BCUT2D eigenvalue weighted by molar-refractivity contribution is 14.0. The Morgan fingerprint density at radius 3 is 2.80 bits per heavy atom. The van der Waals surface area contributed by atoms with E-state index in [2.05, 4.69) is 38.7 Å². The van der Waals surface area contributed by atoms with Crippen molar-refractivity contribution in [1.29, 1.82) is 0 Å². The number of aryl methyl sites for hydroxylation is 1. The van der Waals surface area contributed by atoms with E-state index >= 15 is 0 Å². The topological polar surface area (TPSA) is 66.7 Å². The SMILES string of the molecule is CCNC(=NCC(C)Oc1ccc(F)cc1)NC1CCCN(c2cnn(C)c2)C1.I. The number of rotatable bonds is 7. The normalized spacial score (nSPS) is 17.8. The van der Waals surface area contributed by atoms with Gasteiger partial charge in [0.2, 0.25) is 0 Å². The number of nitrogens with zero attached hydrogens (tertiary/aromatic N) is 4. The molecule has 0 aliphatic carbocycles. The average molecular weight is 530 g/mol. The lowest BCUT2D eigenvalue weighted by molar-refractivity contribution is 0.230. The van der Waals surface area contributed by atoms with E-state index < -0.39 is 0 Å². The summed E-state index contributed by atoms with van der Waals surface area (Å²) in [5.41, 5.74) is 1.15. The lowest BCUT2D eigenvalue weighted by Crippen LogP contribution is -2.51. The summed E-state index contributed by atoms with van der Waals surface area (Å²) in [7, 11) is 1.94. The number of aliphatic imine (C=N–C) groups is 1. The number of aromatic nitrogens is 2. The molecule has 1 aliphatic heterocycles. The first kappa shape index (κ1) is 24.2. The summed E-state index contributed by atoms with van der Waals surface area (Å²) in [4.78, 5) is 7.04. The van der Waals surface area contributed by atoms with Crippen molar-refractivity contribution in [3.63, 3.8) is 0 Å². The predicted octanol–water partition coefficient (Wildman–Crippen LogP) is 3.17. The number of piperidine rings is 1. The molecule has 0 radical (unpaired) electrons. The number of hydrogen-bond donors (Lipinski definition) is 2. The van der Waals surface area contributed by atoms with Gasteiger partial charge in [-0.15, -0.1) is 24.0 Å². The van der Waals surface area contributed by atoms with Crippen molar-refractivity contribution in [1.82, 2.24) is 20.4 Å². The van der Waals surface area contributed by atoms with Crippen LogP contribution in [0.3, 0.4) is 0 Å². The molecule has 1 saturated heterocycles. The summed E-state index contributed by atoms with van der Waals surface area (Å²) >= 11 is 0. The van der Waals surface area contributed by atoms with E-state index in [1.54, 1.807) is 12.1 Å². The molecule has 2 heterocycles. The number of nitrogens with one attached hydrogen (secondary N) is 2. The highest BCUT2D eigenvalue weighted by Crippen LogP contribution is 2.19. The van der Waals surface area contributed by atoms with Crippen LogP contribution in [0.1, 0.15) is 26.7 Å². The molecule has 1 fully saturated rings. The summed E-state index contributed by atoms with van der Waals surface area (Å²) in [6, 6.07) is 6.37. The van der Waals surface area contributed by atoms with Gasteiger partial charge in [0.25, 0.3) is 0 Å². The maximum atomic E-state index is 13.0. The van der Waals surface area contributed by atoms with E-state index in [4.69, 9.17) is 4.74 Å². The molecule has 2 aromatic rings. The maximum absolute atomic E-state index is 13.0. The van der Waals surface area contributed by atoms with Crippen molar-refractivity contribution in [3.8, 4) is 5.75 Å². The zero-order chi connectivity index (χ0) is 20.6. The van der Waals surface area contributed by atoms with E-state index in [1.165, 1.54) is 12.1 Å². The molecule has 7 nitrogen and oxygen atoms in total. The molecule has 30 heavy (non-hydrogen) atoms. The maximum Gasteiger partial charge on any atom is 0.191 e. The van der Waals surface area contributed by atoms with Crippen LogP contribution in [0.4, 0.5) is 10.1 Å². The fourth-order valence-electron chi connectivity index (χ4n) is 3.42. The van der Waals surface area contributed by atoms with Gasteiger partial charge < -0.3 is 20.3 Å². The Kier molecular flexibility index (Phi) is 9.67. The zero-order valence-corrected chi connectivity index (χ0v) is 20.2. The Hall–Kier alpha value is -2.04. The fourth-order valence-corrected chi connectivity index (χ4v) is 3.42. The second kappa shape index (κ2) is 12.0. The van der Waals surface area contributed by atoms with Crippen LogP contribution in [-0.2, 0) is 7.05 Å². The summed E-state index contributed by atoms with van der Waals surface area (Å²) in [6.07, 6.45) is 6.07. The van der Waals surface area contributed by atoms with E-state index in [0.29, 0.717) is 18.3 Å². The summed E-state index contributed by atoms with van der Waals surface area (Å²) in [6.45, 7) is 7.27.